The fourth-order valence-corrected chi connectivity index (χ4v) is 2.27. The van der Waals surface area contributed by atoms with Gasteiger partial charge in [-0.05, 0) is 18.6 Å². The zero-order valence-corrected chi connectivity index (χ0v) is 7.99. The highest BCUT2D eigenvalue weighted by molar-refractivity contribution is 6.11. The van der Waals surface area contributed by atoms with E-state index in [2.05, 4.69) is 0 Å². The highest BCUT2D eigenvalue weighted by Crippen LogP contribution is 2.36. The molecule has 3 rings (SSSR count). The van der Waals surface area contributed by atoms with E-state index >= 15 is 0 Å². The second-order valence-electron chi connectivity index (χ2n) is 3.75. The van der Waals surface area contributed by atoms with Crippen LogP contribution < -0.4 is 4.90 Å². The third-order valence-corrected chi connectivity index (χ3v) is 2.92. The molecule has 0 radical (unpaired) electrons. The zero-order valence-electron chi connectivity index (χ0n) is 7.99. The fraction of sp³-hybridized carbons (Fsp3) is 0.364. The van der Waals surface area contributed by atoms with E-state index in [-0.39, 0.29) is 12.0 Å². The average Bonchev–Trinajstić information content (AvgIpc) is 2.71. The van der Waals surface area contributed by atoms with Gasteiger partial charge in [0.05, 0.1) is 12.3 Å². The SMILES string of the molecule is Cc1cccc2c1C(=O)C1OCCN21. The predicted octanol–water partition coefficient (Wildman–Crippen LogP) is 1.35. The van der Waals surface area contributed by atoms with Crippen molar-refractivity contribution in [3.63, 3.8) is 0 Å². The van der Waals surface area contributed by atoms with Gasteiger partial charge in [-0.1, -0.05) is 12.1 Å². The number of Topliss-reactive ketones (excluding diaryl/α,β-unsaturated/α-hetero) is 1. The summed E-state index contributed by atoms with van der Waals surface area (Å²) in [4.78, 5) is 14.0. The molecule has 14 heavy (non-hydrogen) atoms. The number of fused-ring (bicyclic) bond motifs is 3. The number of carbonyl (C=O) groups is 1. The van der Waals surface area contributed by atoms with Gasteiger partial charge in [0, 0.05) is 12.1 Å². The molecule has 3 nitrogen and oxygen atoms in total. The van der Waals surface area contributed by atoms with Crippen LogP contribution in [0, 0.1) is 6.92 Å². The van der Waals surface area contributed by atoms with Crippen molar-refractivity contribution >= 4 is 11.5 Å². The Morgan fingerprint density at radius 1 is 1.50 bits per heavy atom. The zero-order chi connectivity index (χ0) is 9.71. The molecule has 3 heteroatoms. The molecule has 0 saturated carbocycles. The molecule has 1 aromatic carbocycles. The van der Waals surface area contributed by atoms with E-state index in [1.165, 1.54) is 0 Å². The summed E-state index contributed by atoms with van der Waals surface area (Å²) in [6.07, 6.45) is -0.342. The molecule has 1 saturated heterocycles. The molecular weight excluding hydrogens is 178 g/mol. The maximum absolute atomic E-state index is 11.9. The van der Waals surface area contributed by atoms with Crippen LogP contribution in [-0.4, -0.2) is 25.2 Å². The van der Waals surface area contributed by atoms with Crippen LogP contribution >= 0.6 is 0 Å². The first-order chi connectivity index (χ1) is 6.79. The average molecular weight is 189 g/mol. The molecule has 1 fully saturated rings. The number of anilines is 1. The van der Waals surface area contributed by atoms with Crippen molar-refractivity contribution in [3.8, 4) is 0 Å². The lowest BCUT2D eigenvalue weighted by Crippen LogP contribution is -2.29. The molecule has 0 aliphatic carbocycles. The number of nitrogens with zero attached hydrogens (tertiary/aromatic N) is 1. The molecule has 0 N–H and O–H groups in total. The van der Waals surface area contributed by atoms with Gasteiger partial charge in [0.1, 0.15) is 0 Å². The van der Waals surface area contributed by atoms with Crippen molar-refractivity contribution in [2.45, 2.75) is 13.2 Å². The molecule has 2 aliphatic heterocycles. The second-order valence-corrected chi connectivity index (χ2v) is 3.75. The van der Waals surface area contributed by atoms with E-state index in [0.29, 0.717) is 6.61 Å². The van der Waals surface area contributed by atoms with Crippen molar-refractivity contribution in [3.05, 3.63) is 29.3 Å². The number of hydrogen-bond acceptors (Lipinski definition) is 3. The summed E-state index contributed by atoms with van der Waals surface area (Å²) in [5.41, 5.74) is 2.93. The molecule has 0 spiro atoms. The third-order valence-electron chi connectivity index (χ3n) is 2.92. The normalized spacial score (nSPS) is 23.9. The molecule has 1 aromatic rings. The summed E-state index contributed by atoms with van der Waals surface area (Å²) in [5, 5.41) is 0. The Hall–Kier alpha value is -1.35. The minimum atomic E-state index is -0.342. The maximum Gasteiger partial charge on any atom is 0.214 e. The molecule has 1 unspecified atom stereocenters. The van der Waals surface area contributed by atoms with Gasteiger partial charge in [0.25, 0.3) is 0 Å². The fourth-order valence-electron chi connectivity index (χ4n) is 2.27. The molecule has 1 atom stereocenters. The highest BCUT2D eigenvalue weighted by atomic mass is 16.5. The minimum Gasteiger partial charge on any atom is -0.349 e. The summed E-state index contributed by atoms with van der Waals surface area (Å²) in [6, 6.07) is 5.95. The summed E-state index contributed by atoms with van der Waals surface area (Å²) >= 11 is 0. The standard InChI is InChI=1S/C11H11NO2/c1-7-3-2-4-8-9(7)10(13)11-12(8)5-6-14-11/h2-4,11H,5-6H2,1H3. The van der Waals surface area contributed by atoms with Gasteiger partial charge in [-0.15, -0.1) is 0 Å². The first kappa shape index (κ1) is 8.00. The summed E-state index contributed by atoms with van der Waals surface area (Å²) in [6.45, 7) is 3.45. The maximum atomic E-state index is 11.9. The van der Waals surface area contributed by atoms with E-state index in [4.69, 9.17) is 4.74 Å². The van der Waals surface area contributed by atoms with Crippen molar-refractivity contribution in [2.75, 3.05) is 18.1 Å². The highest BCUT2D eigenvalue weighted by Gasteiger charge is 2.41. The van der Waals surface area contributed by atoms with Gasteiger partial charge in [0.2, 0.25) is 5.78 Å². The van der Waals surface area contributed by atoms with Crippen LogP contribution in [0.1, 0.15) is 15.9 Å². The van der Waals surface area contributed by atoms with Crippen LogP contribution in [0.5, 0.6) is 0 Å². The topological polar surface area (TPSA) is 29.5 Å². The van der Waals surface area contributed by atoms with Crippen LogP contribution in [0.25, 0.3) is 0 Å². The third kappa shape index (κ3) is 0.826. The number of ether oxygens (including phenoxy) is 1. The molecule has 2 aliphatic rings. The van der Waals surface area contributed by atoms with Crippen LogP contribution in [0.15, 0.2) is 18.2 Å². The van der Waals surface area contributed by atoms with Gasteiger partial charge in [-0.2, -0.15) is 0 Å². The lowest BCUT2D eigenvalue weighted by molar-refractivity contribution is 0.0673. The van der Waals surface area contributed by atoms with Crippen LogP contribution in [0.3, 0.4) is 0 Å². The van der Waals surface area contributed by atoms with E-state index in [1.54, 1.807) is 0 Å². The first-order valence-corrected chi connectivity index (χ1v) is 4.81. The van der Waals surface area contributed by atoms with E-state index in [1.807, 2.05) is 30.0 Å². The van der Waals surface area contributed by atoms with Crippen molar-refractivity contribution in [1.82, 2.24) is 0 Å². The number of aryl methyl sites for hydroxylation is 1. The van der Waals surface area contributed by atoms with Crippen LogP contribution in [0.2, 0.25) is 0 Å². The van der Waals surface area contributed by atoms with E-state index in [0.717, 1.165) is 23.4 Å². The Balaban J connectivity index is 2.22. The largest absolute Gasteiger partial charge is 0.349 e. The lowest BCUT2D eigenvalue weighted by Gasteiger charge is -2.14. The number of hydrogen-bond donors (Lipinski definition) is 0. The Morgan fingerprint density at radius 2 is 2.36 bits per heavy atom. The lowest BCUT2D eigenvalue weighted by atomic mass is 10.1. The van der Waals surface area contributed by atoms with Crippen LogP contribution in [0.4, 0.5) is 5.69 Å². The predicted molar refractivity (Wildman–Crippen MR) is 52.6 cm³/mol. The van der Waals surface area contributed by atoms with Crippen molar-refractivity contribution in [2.24, 2.45) is 0 Å². The second kappa shape index (κ2) is 2.58. The number of benzene rings is 1. The molecule has 0 bridgehead atoms. The smallest absolute Gasteiger partial charge is 0.214 e. The Labute approximate surface area is 82.3 Å². The Kier molecular flexibility index (Phi) is 1.47. The molecule has 2 heterocycles. The van der Waals surface area contributed by atoms with Gasteiger partial charge in [-0.25, -0.2) is 0 Å². The van der Waals surface area contributed by atoms with Gasteiger partial charge < -0.3 is 9.64 Å². The van der Waals surface area contributed by atoms with E-state index in [9.17, 15) is 4.79 Å². The minimum absolute atomic E-state index is 0.121. The molecule has 0 aromatic heterocycles. The Bertz CT molecular complexity index is 414. The number of ketones is 1. The van der Waals surface area contributed by atoms with Crippen LogP contribution in [-0.2, 0) is 4.74 Å². The monoisotopic (exact) mass is 189 g/mol. The van der Waals surface area contributed by atoms with Gasteiger partial charge in [-0.3, -0.25) is 4.79 Å². The summed E-state index contributed by atoms with van der Waals surface area (Å²) in [5.74, 6) is 0.121. The number of rotatable bonds is 0. The number of carbonyl (C=O) groups excluding carboxylic acids is 1. The van der Waals surface area contributed by atoms with Gasteiger partial charge >= 0.3 is 0 Å². The van der Waals surface area contributed by atoms with Crippen molar-refractivity contribution in [1.29, 1.82) is 0 Å². The Morgan fingerprint density at radius 3 is 3.21 bits per heavy atom. The van der Waals surface area contributed by atoms with Crippen molar-refractivity contribution < 1.29 is 9.53 Å². The molecular formula is C11H11NO2. The quantitative estimate of drug-likeness (QED) is 0.617. The molecule has 72 valence electrons. The van der Waals surface area contributed by atoms with Gasteiger partial charge in [0.15, 0.2) is 6.23 Å². The summed E-state index contributed by atoms with van der Waals surface area (Å²) < 4.78 is 5.40. The molecule has 0 amide bonds. The summed E-state index contributed by atoms with van der Waals surface area (Å²) in [7, 11) is 0. The first-order valence-electron chi connectivity index (χ1n) is 4.81. The van der Waals surface area contributed by atoms with E-state index < -0.39 is 0 Å².